The molecule has 28 heavy (non-hydrogen) atoms. The largest absolute Gasteiger partial charge is 0.492 e. The molecule has 9 heteroatoms. The van der Waals surface area contributed by atoms with Crippen molar-refractivity contribution in [1.82, 2.24) is 4.90 Å². The van der Waals surface area contributed by atoms with Gasteiger partial charge < -0.3 is 29.3 Å². The Labute approximate surface area is 176 Å². The van der Waals surface area contributed by atoms with E-state index < -0.39 is 0 Å². The highest BCUT2D eigenvalue weighted by Gasteiger charge is 2.20. The van der Waals surface area contributed by atoms with E-state index >= 15 is 0 Å². The zero-order chi connectivity index (χ0) is 20.5. The average Bonchev–Trinajstić information content (AvgIpc) is 2.68. The molecule has 0 aliphatic carbocycles. The zero-order valence-electron chi connectivity index (χ0n) is 16.9. The van der Waals surface area contributed by atoms with E-state index in [0.717, 1.165) is 24.5 Å². The number of amides is 1. The van der Waals surface area contributed by atoms with Crippen molar-refractivity contribution in [3.05, 3.63) is 12.1 Å². The molecule has 1 saturated heterocycles. The summed E-state index contributed by atoms with van der Waals surface area (Å²) in [5, 5.41) is 2.93. The van der Waals surface area contributed by atoms with Gasteiger partial charge in [-0.25, -0.2) is 0 Å². The molecule has 1 heterocycles. The molecule has 0 saturated carbocycles. The third-order valence-electron chi connectivity index (χ3n) is 3.98. The van der Waals surface area contributed by atoms with Crippen LogP contribution in [0.1, 0.15) is 13.8 Å². The van der Waals surface area contributed by atoms with Crippen molar-refractivity contribution < 1.29 is 19.0 Å². The maximum Gasteiger partial charge on any atom is 0.234 e. The fourth-order valence-electron chi connectivity index (χ4n) is 2.69. The van der Waals surface area contributed by atoms with E-state index in [1.54, 1.807) is 0 Å². The van der Waals surface area contributed by atoms with Crippen molar-refractivity contribution in [2.24, 2.45) is 0 Å². The number of anilines is 2. The molecule has 1 aliphatic heterocycles. The van der Waals surface area contributed by atoms with E-state index in [0.29, 0.717) is 42.2 Å². The van der Waals surface area contributed by atoms with Gasteiger partial charge in [-0.2, -0.15) is 0 Å². The minimum absolute atomic E-state index is 0.142. The Morgan fingerprint density at radius 3 is 2.46 bits per heavy atom. The van der Waals surface area contributed by atoms with Gasteiger partial charge in [0.1, 0.15) is 15.8 Å². The van der Waals surface area contributed by atoms with Crippen molar-refractivity contribution in [3.8, 4) is 11.5 Å². The fourth-order valence-corrected chi connectivity index (χ4v) is 3.45. The lowest BCUT2D eigenvalue weighted by Gasteiger charge is -2.31. The Balaban J connectivity index is 2.22. The summed E-state index contributed by atoms with van der Waals surface area (Å²) in [7, 11) is 3.72. The number of benzene rings is 1. The molecule has 0 spiro atoms. The number of hydrogen-bond donors (Lipinski definition) is 1. The van der Waals surface area contributed by atoms with Crippen LogP contribution in [-0.2, 0) is 9.53 Å². The first kappa shape index (κ1) is 22.6. The van der Waals surface area contributed by atoms with Crippen molar-refractivity contribution >= 4 is 45.6 Å². The molecule has 0 atom stereocenters. The van der Waals surface area contributed by atoms with Gasteiger partial charge in [-0.1, -0.05) is 24.0 Å². The predicted molar refractivity (Wildman–Crippen MR) is 119 cm³/mol. The first-order chi connectivity index (χ1) is 13.5. The molecule has 0 unspecified atom stereocenters. The Morgan fingerprint density at radius 2 is 1.86 bits per heavy atom. The molecular formula is C19H29N3O4S2. The van der Waals surface area contributed by atoms with Crippen molar-refractivity contribution in [3.63, 3.8) is 0 Å². The second kappa shape index (κ2) is 11.3. The maximum atomic E-state index is 12.4. The first-order valence-corrected chi connectivity index (χ1v) is 10.8. The van der Waals surface area contributed by atoms with Crippen LogP contribution in [0.3, 0.4) is 0 Å². The van der Waals surface area contributed by atoms with Gasteiger partial charge in [-0.3, -0.25) is 4.79 Å². The third-order valence-corrected chi connectivity index (χ3v) is 5.72. The van der Waals surface area contributed by atoms with Gasteiger partial charge in [0.2, 0.25) is 5.91 Å². The average molecular weight is 428 g/mol. The summed E-state index contributed by atoms with van der Waals surface area (Å²) in [6.45, 7) is 7.82. The predicted octanol–water partition coefficient (Wildman–Crippen LogP) is 2.84. The fraction of sp³-hybridized carbons (Fsp3) is 0.579. The van der Waals surface area contributed by atoms with Crippen LogP contribution in [0.4, 0.5) is 11.4 Å². The smallest absolute Gasteiger partial charge is 0.234 e. The van der Waals surface area contributed by atoms with E-state index in [2.05, 4.69) is 10.2 Å². The Morgan fingerprint density at radius 1 is 1.21 bits per heavy atom. The van der Waals surface area contributed by atoms with E-state index in [1.165, 1.54) is 11.8 Å². The number of rotatable bonds is 8. The summed E-state index contributed by atoms with van der Waals surface area (Å²) in [5.74, 6) is 1.44. The van der Waals surface area contributed by atoms with Gasteiger partial charge in [-0.05, 0) is 13.8 Å². The molecular weight excluding hydrogens is 398 g/mol. The van der Waals surface area contributed by atoms with Crippen LogP contribution in [0.5, 0.6) is 11.5 Å². The number of morpholine rings is 1. The monoisotopic (exact) mass is 427 g/mol. The number of carbonyl (C=O) groups is 1. The van der Waals surface area contributed by atoms with Gasteiger partial charge in [-0.15, -0.1) is 0 Å². The highest BCUT2D eigenvalue weighted by Crippen LogP contribution is 2.39. The van der Waals surface area contributed by atoms with Crippen molar-refractivity contribution in [1.29, 1.82) is 0 Å². The van der Waals surface area contributed by atoms with E-state index in [1.807, 2.05) is 45.0 Å². The lowest BCUT2D eigenvalue weighted by molar-refractivity contribution is -0.113. The number of nitrogens with zero attached hydrogens (tertiary/aromatic N) is 2. The molecule has 1 aromatic carbocycles. The van der Waals surface area contributed by atoms with Gasteiger partial charge in [0.05, 0.1) is 43.6 Å². The van der Waals surface area contributed by atoms with Crippen molar-refractivity contribution in [2.75, 3.05) is 69.6 Å². The SMILES string of the molecule is CCOc1cc(N2CCOCC2)c(OCC)cc1NC(=O)CSC(=S)N(C)C. The number of carbonyl (C=O) groups excluding carboxylic acids is 1. The second-order valence-corrected chi connectivity index (χ2v) is 7.89. The molecule has 1 aromatic rings. The Hall–Kier alpha value is -1.71. The lowest BCUT2D eigenvalue weighted by Crippen LogP contribution is -2.36. The number of thiocarbonyl (C=S) groups is 1. The molecule has 156 valence electrons. The highest BCUT2D eigenvalue weighted by molar-refractivity contribution is 8.23. The van der Waals surface area contributed by atoms with Gasteiger partial charge in [0.25, 0.3) is 0 Å². The summed E-state index contributed by atoms with van der Waals surface area (Å²) >= 11 is 6.54. The Bertz CT molecular complexity index is 679. The molecule has 1 fully saturated rings. The van der Waals surface area contributed by atoms with Gasteiger partial charge >= 0.3 is 0 Å². The second-order valence-electron chi connectivity index (χ2n) is 6.28. The van der Waals surface area contributed by atoms with E-state index in [4.69, 9.17) is 26.4 Å². The highest BCUT2D eigenvalue weighted by atomic mass is 32.2. The van der Waals surface area contributed by atoms with Crippen LogP contribution in [0, 0.1) is 0 Å². The van der Waals surface area contributed by atoms with Gasteiger partial charge in [0.15, 0.2) is 0 Å². The summed E-state index contributed by atoms with van der Waals surface area (Å²) in [4.78, 5) is 16.4. The number of thioether (sulfide) groups is 1. The summed E-state index contributed by atoms with van der Waals surface area (Å²) in [6.07, 6.45) is 0. The van der Waals surface area contributed by atoms with Crippen LogP contribution in [0.2, 0.25) is 0 Å². The number of hydrogen-bond acceptors (Lipinski definition) is 7. The van der Waals surface area contributed by atoms with E-state index in [9.17, 15) is 4.79 Å². The zero-order valence-corrected chi connectivity index (χ0v) is 18.6. The molecule has 1 N–H and O–H groups in total. The van der Waals surface area contributed by atoms with Gasteiger partial charge in [0, 0.05) is 39.3 Å². The van der Waals surface area contributed by atoms with Crippen LogP contribution < -0.4 is 19.7 Å². The maximum absolute atomic E-state index is 12.4. The quantitative estimate of drug-likeness (QED) is 0.636. The first-order valence-electron chi connectivity index (χ1n) is 9.36. The van der Waals surface area contributed by atoms with E-state index in [-0.39, 0.29) is 11.7 Å². The molecule has 0 radical (unpaired) electrons. The lowest BCUT2D eigenvalue weighted by atomic mass is 10.2. The molecule has 7 nitrogen and oxygen atoms in total. The topological polar surface area (TPSA) is 63.3 Å². The standard InChI is InChI=1S/C19H29N3O4S2/c1-5-25-16-12-15(22-7-9-24-10-8-22)17(26-6-2)11-14(16)20-18(23)13-28-19(27)21(3)4/h11-12H,5-10,13H2,1-4H3,(H,20,23). The molecule has 2 rings (SSSR count). The summed E-state index contributed by atoms with van der Waals surface area (Å²) in [5.41, 5.74) is 1.55. The van der Waals surface area contributed by atoms with Crippen LogP contribution in [0.15, 0.2) is 12.1 Å². The Kier molecular flexibility index (Phi) is 9.14. The van der Waals surface area contributed by atoms with Crippen LogP contribution >= 0.6 is 24.0 Å². The molecule has 1 amide bonds. The molecule has 0 bridgehead atoms. The van der Waals surface area contributed by atoms with Crippen LogP contribution in [0.25, 0.3) is 0 Å². The minimum atomic E-state index is -0.142. The molecule has 1 aliphatic rings. The minimum Gasteiger partial charge on any atom is -0.492 e. The van der Waals surface area contributed by atoms with Crippen LogP contribution in [-0.4, -0.2) is 74.5 Å². The summed E-state index contributed by atoms with van der Waals surface area (Å²) in [6, 6.07) is 3.78. The van der Waals surface area contributed by atoms with Crippen molar-refractivity contribution in [2.45, 2.75) is 13.8 Å². The number of ether oxygens (including phenoxy) is 3. The molecule has 0 aromatic heterocycles. The number of nitrogens with one attached hydrogen (secondary N) is 1. The normalized spacial score (nSPS) is 13.8. The third kappa shape index (κ3) is 6.42. The summed E-state index contributed by atoms with van der Waals surface area (Å²) < 4.78 is 17.8.